The summed E-state index contributed by atoms with van der Waals surface area (Å²) in [5.74, 6) is -0.350. The Morgan fingerprint density at radius 2 is 2.08 bits per heavy atom. The van der Waals surface area contributed by atoms with Crippen LogP contribution in [0.4, 0.5) is 4.79 Å². The van der Waals surface area contributed by atoms with Gasteiger partial charge >= 0.3 is 12.1 Å². The summed E-state index contributed by atoms with van der Waals surface area (Å²) >= 11 is 0. The van der Waals surface area contributed by atoms with Gasteiger partial charge < -0.3 is 19.7 Å². The topological polar surface area (TPSA) is 82.6 Å². The number of amides is 1. The average Bonchev–Trinajstić information content (AvgIpc) is 2.92. The van der Waals surface area contributed by atoms with Gasteiger partial charge in [0.1, 0.15) is 5.75 Å². The molecule has 2 N–H and O–H groups in total. The Labute approximate surface area is 142 Å². The summed E-state index contributed by atoms with van der Waals surface area (Å²) in [5.41, 5.74) is 1.77. The van der Waals surface area contributed by atoms with Crippen molar-refractivity contribution in [3.05, 3.63) is 30.0 Å². The number of ether oxygens (including phenoxy) is 1. The molecule has 0 bridgehead atoms. The molecular weight excluding hydrogens is 308 g/mol. The Morgan fingerprint density at radius 1 is 1.33 bits per heavy atom. The van der Waals surface area contributed by atoms with Crippen LogP contribution in [0.3, 0.4) is 0 Å². The van der Waals surface area contributed by atoms with E-state index in [4.69, 9.17) is 9.84 Å². The van der Waals surface area contributed by atoms with Crippen LogP contribution >= 0.6 is 0 Å². The van der Waals surface area contributed by atoms with Crippen molar-refractivity contribution in [2.75, 3.05) is 13.6 Å². The van der Waals surface area contributed by atoms with Gasteiger partial charge in [0.25, 0.3) is 0 Å². The summed E-state index contributed by atoms with van der Waals surface area (Å²) in [6.07, 6.45) is 3.93. The van der Waals surface area contributed by atoms with Gasteiger partial charge in [0.2, 0.25) is 0 Å². The van der Waals surface area contributed by atoms with Gasteiger partial charge in [-0.1, -0.05) is 20.8 Å². The highest BCUT2D eigenvalue weighted by molar-refractivity contribution is 5.85. The number of aryl methyl sites for hydroxylation is 1. The molecule has 24 heavy (non-hydrogen) atoms. The molecule has 6 nitrogen and oxygen atoms in total. The van der Waals surface area contributed by atoms with E-state index in [0.717, 1.165) is 29.3 Å². The number of benzene rings is 1. The van der Waals surface area contributed by atoms with Crippen molar-refractivity contribution in [1.29, 1.82) is 0 Å². The molecule has 6 heteroatoms. The number of fused-ring (bicyclic) bond motifs is 1. The van der Waals surface area contributed by atoms with Crippen LogP contribution in [0.5, 0.6) is 5.75 Å². The number of carboxylic acids is 1. The lowest BCUT2D eigenvalue weighted by Crippen LogP contribution is -2.30. The first-order valence-corrected chi connectivity index (χ1v) is 7.76. The minimum atomic E-state index is -0.819. The molecular formula is C18H26N2O4. The van der Waals surface area contributed by atoms with Gasteiger partial charge in [0.05, 0.1) is 0 Å². The smallest absolute Gasteiger partial charge is 0.414 e. The molecule has 1 amide bonds. The van der Waals surface area contributed by atoms with Crippen LogP contribution < -0.4 is 4.74 Å². The molecule has 1 heterocycles. The summed E-state index contributed by atoms with van der Waals surface area (Å²) < 4.78 is 5.36. The van der Waals surface area contributed by atoms with Crippen molar-refractivity contribution in [2.45, 2.75) is 40.0 Å². The van der Waals surface area contributed by atoms with Gasteiger partial charge in [-0.2, -0.15) is 0 Å². The first kappa shape index (κ1) is 19.5. The number of H-pyrrole nitrogens is 1. The van der Waals surface area contributed by atoms with Gasteiger partial charge in [-0.25, -0.2) is 4.79 Å². The molecule has 132 valence electrons. The molecule has 2 aromatic rings. The lowest BCUT2D eigenvalue weighted by molar-refractivity contribution is -0.136. The van der Waals surface area contributed by atoms with Crippen molar-refractivity contribution in [2.24, 2.45) is 0 Å². The second-order valence-corrected chi connectivity index (χ2v) is 5.56. The molecule has 0 aliphatic carbocycles. The highest BCUT2D eigenvalue weighted by atomic mass is 16.6. The summed E-state index contributed by atoms with van der Waals surface area (Å²) in [6, 6.07) is 5.33. The maximum Gasteiger partial charge on any atom is 0.414 e. The van der Waals surface area contributed by atoms with Crippen LogP contribution in [0, 0.1) is 0 Å². The van der Waals surface area contributed by atoms with E-state index in [9.17, 15) is 9.59 Å². The Morgan fingerprint density at radius 3 is 2.75 bits per heavy atom. The Hall–Kier alpha value is -2.50. The van der Waals surface area contributed by atoms with Crippen LogP contribution in [0.25, 0.3) is 10.9 Å². The Kier molecular flexibility index (Phi) is 7.30. The number of rotatable bonds is 7. The molecule has 0 saturated carbocycles. The van der Waals surface area contributed by atoms with E-state index in [-0.39, 0.29) is 19.9 Å². The van der Waals surface area contributed by atoms with E-state index < -0.39 is 5.97 Å². The number of aliphatic carboxylic acids is 1. The minimum absolute atomic E-state index is 0. The molecule has 2 rings (SSSR count). The third-order valence-electron chi connectivity index (χ3n) is 3.71. The SMILES string of the molecule is C.CCCCN(C)C(=O)Oc1ccc2c(CCC(=O)O)c[nH]c2c1. The van der Waals surface area contributed by atoms with Gasteiger partial charge in [-0.05, 0) is 30.5 Å². The molecule has 1 aromatic carbocycles. The predicted molar refractivity (Wildman–Crippen MR) is 94.5 cm³/mol. The van der Waals surface area contributed by atoms with Crippen LogP contribution in [-0.4, -0.2) is 40.6 Å². The third kappa shape index (κ3) is 5.01. The number of carbonyl (C=O) groups is 2. The fourth-order valence-electron chi connectivity index (χ4n) is 2.34. The third-order valence-corrected chi connectivity index (χ3v) is 3.71. The van der Waals surface area contributed by atoms with Gasteiger partial charge in [0, 0.05) is 43.2 Å². The van der Waals surface area contributed by atoms with E-state index in [0.29, 0.717) is 18.7 Å². The fourth-order valence-corrected chi connectivity index (χ4v) is 2.34. The van der Waals surface area contributed by atoms with Crippen LogP contribution in [0.1, 0.15) is 39.2 Å². The number of carbonyl (C=O) groups excluding carboxylic acids is 1. The number of aromatic nitrogens is 1. The number of hydrogen-bond acceptors (Lipinski definition) is 3. The first-order chi connectivity index (χ1) is 11.0. The van der Waals surface area contributed by atoms with Crippen molar-refractivity contribution in [3.63, 3.8) is 0 Å². The number of hydrogen-bond donors (Lipinski definition) is 2. The van der Waals surface area contributed by atoms with Crippen molar-refractivity contribution >= 4 is 23.0 Å². The summed E-state index contributed by atoms with van der Waals surface area (Å²) in [5, 5.41) is 9.72. The minimum Gasteiger partial charge on any atom is -0.481 e. The van der Waals surface area contributed by atoms with Crippen LogP contribution in [-0.2, 0) is 11.2 Å². The zero-order chi connectivity index (χ0) is 16.8. The summed E-state index contributed by atoms with van der Waals surface area (Å²) in [6.45, 7) is 2.74. The highest BCUT2D eigenvalue weighted by Gasteiger charge is 2.12. The lowest BCUT2D eigenvalue weighted by Gasteiger charge is -2.16. The zero-order valence-corrected chi connectivity index (χ0v) is 13.5. The van der Waals surface area contributed by atoms with Crippen LogP contribution in [0.2, 0.25) is 0 Å². The number of nitrogens with zero attached hydrogens (tertiary/aromatic N) is 1. The predicted octanol–water partition coefficient (Wildman–Crippen LogP) is 4.05. The van der Waals surface area contributed by atoms with Gasteiger partial charge in [0.15, 0.2) is 0 Å². The molecule has 0 aliphatic heterocycles. The molecule has 0 spiro atoms. The van der Waals surface area contributed by atoms with E-state index in [1.165, 1.54) is 0 Å². The van der Waals surface area contributed by atoms with E-state index in [1.54, 1.807) is 30.3 Å². The number of carboxylic acid groups (broad SMARTS) is 1. The number of nitrogens with one attached hydrogen (secondary N) is 1. The Bertz CT molecular complexity index is 693. The maximum absolute atomic E-state index is 12.0. The van der Waals surface area contributed by atoms with Gasteiger partial charge in [-0.15, -0.1) is 0 Å². The van der Waals surface area contributed by atoms with Gasteiger partial charge in [-0.3, -0.25) is 4.79 Å². The van der Waals surface area contributed by atoms with Crippen molar-refractivity contribution in [1.82, 2.24) is 9.88 Å². The molecule has 0 unspecified atom stereocenters. The molecule has 0 radical (unpaired) electrons. The largest absolute Gasteiger partial charge is 0.481 e. The summed E-state index contributed by atoms with van der Waals surface area (Å²) in [7, 11) is 1.72. The molecule has 0 atom stereocenters. The zero-order valence-electron chi connectivity index (χ0n) is 13.5. The van der Waals surface area contributed by atoms with Crippen LogP contribution in [0.15, 0.2) is 24.4 Å². The molecule has 0 saturated heterocycles. The highest BCUT2D eigenvalue weighted by Crippen LogP contribution is 2.24. The monoisotopic (exact) mass is 334 g/mol. The molecule has 0 aliphatic rings. The Balaban J connectivity index is 0.00000288. The normalized spacial score (nSPS) is 10.2. The average molecular weight is 334 g/mol. The van der Waals surface area contributed by atoms with Crippen molar-refractivity contribution < 1.29 is 19.4 Å². The van der Waals surface area contributed by atoms with E-state index in [1.807, 2.05) is 6.07 Å². The lowest BCUT2D eigenvalue weighted by atomic mass is 10.1. The summed E-state index contributed by atoms with van der Waals surface area (Å²) in [4.78, 5) is 27.3. The van der Waals surface area contributed by atoms with E-state index in [2.05, 4.69) is 11.9 Å². The second kappa shape index (κ2) is 8.96. The first-order valence-electron chi connectivity index (χ1n) is 7.76. The molecule has 1 aromatic heterocycles. The number of aromatic amines is 1. The second-order valence-electron chi connectivity index (χ2n) is 5.56. The number of unbranched alkanes of at least 4 members (excludes halogenated alkanes) is 1. The quantitative estimate of drug-likeness (QED) is 0.800. The fraction of sp³-hybridized carbons (Fsp3) is 0.444. The standard InChI is InChI=1S/C17H22N2O4.CH4/c1-3-4-9-19(2)17(22)23-13-6-7-14-12(5-8-16(20)21)11-18-15(14)10-13;/h6-7,10-11,18H,3-5,8-9H2,1-2H3,(H,20,21);1H4. The van der Waals surface area contributed by atoms with Crippen molar-refractivity contribution in [3.8, 4) is 5.75 Å². The van der Waals surface area contributed by atoms with E-state index >= 15 is 0 Å². The molecule has 0 fully saturated rings. The maximum atomic E-state index is 12.0.